The summed E-state index contributed by atoms with van der Waals surface area (Å²) in [4.78, 5) is 0. The second-order valence-electron chi connectivity index (χ2n) is 5.01. The van der Waals surface area contributed by atoms with Gasteiger partial charge in [-0.2, -0.15) is 11.8 Å². The van der Waals surface area contributed by atoms with Crippen LogP contribution in [0.25, 0.3) is 0 Å². The predicted molar refractivity (Wildman–Crippen MR) is 74.4 cm³/mol. The highest BCUT2D eigenvalue weighted by molar-refractivity contribution is 7.99. The van der Waals surface area contributed by atoms with Gasteiger partial charge in [-0.1, -0.05) is 6.07 Å². The van der Waals surface area contributed by atoms with E-state index in [1.54, 1.807) is 12.1 Å². The van der Waals surface area contributed by atoms with Crippen molar-refractivity contribution >= 4 is 11.8 Å². The lowest BCUT2D eigenvalue weighted by atomic mass is 9.96. The van der Waals surface area contributed by atoms with Crippen molar-refractivity contribution in [2.75, 3.05) is 18.1 Å². The zero-order valence-electron chi connectivity index (χ0n) is 10.7. The highest BCUT2D eigenvalue weighted by atomic mass is 32.2. The predicted octanol–water partition coefficient (Wildman–Crippen LogP) is 2.48. The summed E-state index contributed by atoms with van der Waals surface area (Å²) in [5, 5.41) is 13.6. The summed E-state index contributed by atoms with van der Waals surface area (Å²) in [5.41, 5.74) is 1.48. The van der Waals surface area contributed by atoms with E-state index in [1.807, 2.05) is 18.7 Å². The van der Waals surface area contributed by atoms with E-state index >= 15 is 0 Å². The SMILES string of the molecule is Cc1cc(F)ccc1CNCC1(O)CCSCC1. The fourth-order valence-corrected chi connectivity index (χ4v) is 3.47. The maximum Gasteiger partial charge on any atom is 0.123 e. The second kappa shape index (κ2) is 6.04. The number of hydrogen-bond acceptors (Lipinski definition) is 3. The normalized spacial score (nSPS) is 18.8. The number of nitrogens with one attached hydrogen (secondary N) is 1. The summed E-state index contributed by atoms with van der Waals surface area (Å²) in [5.74, 6) is 1.88. The molecule has 1 aromatic rings. The van der Waals surface area contributed by atoms with Gasteiger partial charge in [-0.15, -0.1) is 0 Å². The Bertz CT molecular complexity index is 405. The van der Waals surface area contributed by atoms with Crippen molar-refractivity contribution in [3.8, 4) is 0 Å². The first-order valence-corrected chi connectivity index (χ1v) is 7.50. The zero-order valence-corrected chi connectivity index (χ0v) is 11.5. The van der Waals surface area contributed by atoms with Crippen LogP contribution in [0.2, 0.25) is 0 Å². The van der Waals surface area contributed by atoms with Crippen LogP contribution in [0.15, 0.2) is 18.2 Å². The lowest BCUT2D eigenvalue weighted by molar-refractivity contribution is 0.0320. The molecule has 0 saturated carbocycles. The van der Waals surface area contributed by atoms with Gasteiger partial charge in [0.2, 0.25) is 0 Å². The molecule has 1 saturated heterocycles. The summed E-state index contributed by atoms with van der Waals surface area (Å²) in [6, 6.07) is 4.83. The molecule has 1 aliphatic heterocycles. The molecule has 0 aliphatic carbocycles. The largest absolute Gasteiger partial charge is 0.389 e. The van der Waals surface area contributed by atoms with Crippen molar-refractivity contribution < 1.29 is 9.50 Å². The van der Waals surface area contributed by atoms with E-state index in [9.17, 15) is 9.50 Å². The molecule has 1 aliphatic rings. The van der Waals surface area contributed by atoms with Gasteiger partial charge in [-0.3, -0.25) is 0 Å². The maximum atomic E-state index is 13.0. The minimum atomic E-state index is -0.556. The first kappa shape index (κ1) is 13.8. The van der Waals surface area contributed by atoms with Crippen molar-refractivity contribution in [3.05, 3.63) is 35.1 Å². The Kier molecular flexibility index (Phi) is 4.65. The molecule has 0 atom stereocenters. The van der Waals surface area contributed by atoms with Gasteiger partial charge in [-0.25, -0.2) is 4.39 Å². The smallest absolute Gasteiger partial charge is 0.123 e. The molecule has 0 bridgehead atoms. The number of thioether (sulfide) groups is 1. The minimum absolute atomic E-state index is 0.195. The highest BCUT2D eigenvalue weighted by Crippen LogP contribution is 2.26. The van der Waals surface area contributed by atoms with Gasteiger partial charge in [-0.05, 0) is 54.5 Å². The second-order valence-corrected chi connectivity index (χ2v) is 6.24. The molecule has 0 radical (unpaired) electrons. The summed E-state index contributed by atoms with van der Waals surface area (Å²) < 4.78 is 13.0. The molecule has 2 rings (SSSR count). The zero-order chi connectivity index (χ0) is 13.0. The molecule has 1 fully saturated rings. The van der Waals surface area contributed by atoms with Gasteiger partial charge < -0.3 is 10.4 Å². The molecule has 2 nitrogen and oxygen atoms in total. The van der Waals surface area contributed by atoms with Crippen LogP contribution in [0.4, 0.5) is 4.39 Å². The number of benzene rings is 1. The van der Waals surface area contributed by atoms with Crippen LogP contribution in [0.3, 0.4) is 0 Å². The van der Waals surface area contributed by atoms with Crippen molar-refractivity contribution in [3.63, 3.8) is 0 Å². The van der Waals surface area contributed by atoms with Crippen molar-refractivity contribution in [1.82, 2.24) is 5.32 Å². The van der Waals surface area contributed by atoms with E-state index in [0.717, 1.165) is 35.5 Å². The van der Waals surface area contributed by atoms with Gasteiger partial charge >= 0.3 is 0 Å². The Labute approximate surface area is 112 Å². The molecule has 1 aromatic carbocycles. The van der Waals surface area contributed by atoms with E-state index in [-0.39, 0.29) is 5.82 Å². The molecule has 2 N–H and O–H groups in total. The van der Waals surface area contributed by atoms with Gasteiger partial charge in [0.25, 0.3) is 0 Å². The lowest BCUT2D eigenvalue weighted by Gasteiger charge is -2.32. The summed E-state index contributed by atoms with van der Waals surface area (Å²) in [7, 11) is 0. The lowest BCUT2D eigenvalue weighted by Crippen LogP contribution is -2.43. The Morgan fingerprint density at radius 2 is 2.11 bits per heavy atom. The highest BCUT2D eigenvalue weighted by Gasteiger charge is 2.28. The third kappa shape index (κ3) is 3.70. The minimum Gasteiger partial charge on any atom is -0.389 e. The number of aliphatic hydroxyl groups is 1. The number of aryl methyl sites for hydroxylation is 1. The first-order valence-electron chi connectivity index (χ1n) is 6.35. The first-order chi connectivity index (χ1) is 8.59. The quantitative estimate of drug-likeness (QED) is 0.881. The third-order valence-corrected chi connectivity index (χ3v) is 4.48. The van der Waals surface area contributed by atoms with E-state index in [4.69, 9.17) is 0 Å². The van der Waals surface area contributed by atoms with Gasteiger partial charge in [0.05, 0.1) is 5.60 Å². The molecule has 4 heteroatoms. The number of halogens is 1. The topological polar surface area (TPSA) is 32.3 Å². The average Bonchev–Trinajstić information content (AvgIpc) is 2.33. The van der Waals surface area contributed by atoms with Crippen LogP contribution < -0.4 is 5.32 Å². The summed E-state index contributed by atoms with van der Waals surface area (Å²) in [6.45, 7) is 3.21. The number of rotatable bonds is 4. The van der Waals surface area contributed by atoms with Gasteiger partial charge in [0.1, 0.15) is 5.82 Å². The summed E-state index contributed by atoms with van der Waals surface area (Å²) in [6.07, 6.45) is 1.71. The van der Waals surface area contributed by atoms with E-state index < -0.39 is 5.60 Å². The third-order valence-electron chi connectivity index (χ3n) is 3.50. The van der Waals surface area contributed by atoms with E-state index in [0.29, 0.717) is 13.1 Å². The van der Waals surface area contributed by atoms with Crippen molar-refractivity contribution in [2.45, 2.75) is 31.9 Å². The standard InChI is InChI=1S/C14H20FNOS/c1-11-8-13(15)3-2-12(11)9-16-10-14(17)4-6-18-7-5-14/h2-3,8,16-17H,4-7,9-10H2,1H3. The van der Waals surface area contributed by atoms with Gasteiger partial charge in [0.15, 0.2) is 0 Å². The molecule has 0 amide bonds. The van der Waals surface area contributed by atoms with E-state index in [1.165, 1.54) is 6.07 Å². The van der Waals surface area contributed by atoms with Crippen LogP contribution in [0.5, 0.6) is 0 Å². The summed E-state index contributed by atoms with van der Waals surface area (Å²) >= 11 is 1.90. The fourth-order valence-electron chi connectivity index (χ4n) is 2.22. The molecule has 18 heavy (non-hydrogen) atoms. The van der Waals surface area contributed by atoms with Crippen molar-refractivity contribution in [2.24, 2.45) is 0 Å². The Morgan fingerprint density at radius 3 is 2.78 bits per heavy atom. The Morgan fingerprint density at radius 1 is 1.39 bits per heavy atom. The molecular weight excluding hydrogens is 249 g/mol. The monoisotopic (exact) mass is 269 g/mol. The maximum absolute atomic E-state index is 13.0. The molecule has 0 aromatic heterocycles. The van der Waals surface area contributed by atoms with Crippen LogP contribution in [0.1, 0.15) is 24.0 Å². The molecular formula is C14H20FNOS. The molecule has 100 valence electrons. The fraction of sp³-hybridized carbons (Fsp3) is 0.571. The molecule has 0 spiro atoms. The van der Waals surface area contributed by atoms with Crippen LogP contribution in [-0.2, 0) is 6.54 Å². The average molecular weight is 269 g/mol. The Hall–Kier alpha value is -0.580. The van der Waals surface area contributed by atoms with Crippen LogP contribution in [0, 0.1) is 12.7 Å². The number of hydrogen-bond donors (Lipinski definition) is 2. The van der Waals surface area contributed by atoms with E-state index in [2.05, 4.69) is 5.32 Å². The van der Waals surface area contributed by atoms with Gasteiger partial charge in [0, 0.05) is 13.1 Å². The molecule has 0 unspecified atom stereocenters. The van der Waals surface area contributed by atoms with Crippen LogP contribution >= 0.6 is 11.8 Å². The van der Waals surface area contributed by atoms with Crippen LogP contribution in [-0.4, -0.2) is 28.8 Å². The Balaban J connectivity index is 1.84. The van der Waals surface area contributed by atoms with Crippen molar-refractivity contribution in [1.29, 1.82) is 0 Å². The molecule has 1 heterocycles.